The highest BCUT2D eigenvalue weighted by atomic mass is 35.5. The summed E-state index contributed by atoms with van der Waals surface area (Å²) in [6.45, 7) is 5.96. The van der Waals surface area contributed by atoms with Gasteiger partial charge in [0, 0.05) is 18.1 Å². The SMILES string of the molecule is CCCCNC(=O)[C@H](CC)N(Cc1ccccc1C)C(=O)CN(c1ccc(Cl)cc1)S(=O)(=O)c1ccc(OC)cc1. The number of anilines is 1. The van der Waals surface area contributed by atoms with E-state index in [-0.39, 0.29) is 23.0 Å². The molecule has 8 nitrogen and oxygen atoms in total. The van der Waals surface area contributed by atoms with E-state index >= 15 is 0 Å². The summed E-state index contributed by atoms with van der Waals surface area (Å²) >= 11 is 6.09. The first-order valence-electron chi connectivity index (χ1n) is 13.7. The fraction of sp³-hybridized carbons (Fsp3) is 0.355. The topological polar surface area (TPSA) is 96.0 Å². The minimum absolute atomic E-state index is 0.00384. The number of hydrogen-bond acceptors (Lipinski definition) is 5. The average molecular weight is 600 g/mol. The largest absolute Gasteiger partial charge is 0.497 e. The molecular formula is C31H38ClN3O5S. The van der Waals surface area contributed by atoms with E-state index in [1.165, 1.54) is 24.1 Å². The van der Waals surface area contributed by atoms with Gasteiger partial charge in [-0.1, -0.05) is 56.1 Å². The van der Waals surface area contributed by atoms with E-state index in [0.717, 1.165) is 28.3 Å². The molecule has 0 heterocycles. The quantitative estimate of drug-likeness (QED) is 0.244. The molecule has 41 heavy (non-hydrogen) atoms. The van der Waals surface area contributed by atoms with Gasteiger partial charge in [0.15, 0.2) is 0 Å². The number of ether oxygens (including phenoxy) is 1. The predicted octanol–water partition coefficient (Wildman–Crippen LogP) is 5.58. The first-order chi connectivity index (χ1) is 19.6. The van der Waals surface area contributed by atoms with Gasteiger partial charge in [-0.3, -0.25) is 13.9 Å². The summed E-state index contributed by atoms with van der Waals surface area (Å²) in [4.78, 5) is 28.9. The Morgan fingerprint density at radius 1 is 0.976 bits per heavy atom. The summed E-state index contributed by atoms with van der Waals surface area (Å²) in [6.07, 6.45) is 2.10. The molecule has 0 aliphatic rings. The van der Waals surface area contributed by atoms with Crippen LogP contribution < -0.4 is 14.4 Å². The highest BCUT2D eigenvalue weighted by Crippen LogP contribution is 2.27. The third-order valence-electron chi connectivity index (χ3n) is 6.86. The van der Waals surface area contributed by atoms with Crippen molar-refractivity contribution in [1.82, 2.24) is 10.2 Å². The summed E-state index contributed by atoms with van der Waals surface area (Å²) in [6, 6.07) is 19.0. The van der Waals surface area contributed by atoms with Crippen LogP contribution in [0.4, 0.5) is 5.69 Å². The van der Waals surface area contributed by atoms with Gasteiger partial charge in [0.2, 0.25) is 11.8 Å². The van der Waals surface area contributed by atoms with Crippen LogP contribution in [0.25, 0.3) is 0 Å². The second-order valence-electron chi connectivity index (χ2n) is 9.68. The number of halogens is 1. The number of nitrogens with one attached hydrogen (secondary N) is 1. The van der Waals surface area contributed by atoms with Gasteiger partial charge >= 0.3 is 0 Å². The summed E-state index contributed by atoms with van der Waals surface area (Å²) in [5, 5.41) is 3.37. The van der Waals surface area contributed by atoms with E-state index < -0.39 is 28.5 Å². The third kappa shape index (κ3) is 8.24. The number of amides is 2. The van der Waals surface area contributed by atoms with Gasteiger partial charge in [-0.05, 0) is 79.4 Å². The van der Waals surface area contributed by atoms with Crippen LogP contribution in [-0.2, 0) is 26.2 Å². The maximum Gasteiger partial charge on any atom is 0.264 e. The first-order valence-corrected chi connectivity index (χ1v) is 15.5. The molecule has 1 atom stereocenters. The van der Waals surface area contributed by atoms with Crippen molar-refractivity contribution < 1.29 is 22.7 Å². The summed E-state index contributed by atoms with van der Waals surface area (Å²) in [5.74, 6) is -0.265. The third-order valence-corrected chi connectivity index (χ3v) is 8.90. The Kier molecular flexibility index (Phi) is 11.6. The average Bonchev–Trinajstić information content (AvgIpc) is 2.97. The lowest BCUT2D eigenvalue weighted by Crippen LogP contribution is -2.52. The fourth-order valence-corrected chi connectivity index (χ4v) is 5.95. The molecule has 0 bridgehead atoms. The van der Waals surface area contributed by atoms with E-state index in [4.69, 9.17) is 16.3 Å². The number of carbonyl (C=O) groups is 2. The van der Waals surface area contributed by atoms with Crippen molar-refractivity contribution >= 4 is 39.1 Å². The fourth-order valence-electron chi connectivity index (χ4n) is 4.41. The normalized spacial score (nSPS) is 11.9. The van der Waals surface area contributed by atoms with E-state index in [1.54, 1.807) is 36.4 Å². The molecular weight excluding hydrogens is 562 g/mol. The van der Waals surface area contributed by atoms with Crippen molar-refractivity contribution in [3.05, 3.63) is 88.9 Å². The van der Waals surface area contributed by atoms with Gasteiger partial charge in [-0.2, -0.15) is 0 Å². The number of sulfonamides is 1. The van der Waals surface area contributed by atoms with Crippen LogP contribution >= 0.6 is 11.6 Å². The van der Waals surface area contributed by atoms with Gasteiger partial charge in [0.05, 0.1) is 17.7 Å². The maximum absolute atomic E-state index is 14.1. The molecule has 3 rings (SSSR count). The second-order valence-corrected chi connectivity index (χ2v) is 12.0. The molecule has 0 radical (unpaired) electrons. The number of methoxy groups -OCH3 is 1. The number of rotatable bonds is 14. The molecule has 2 amide bonds. The zero-order valence-electron chi connectivity index (χ0n) is 24.0. The highest BCUT2D eigenvalue weighted by molar-refractivity contribution is 7.92. The van der Waals surface area contributed by atoms with Crippen LogP contribution in [0.3, 0.4) is 0 Å². The molecule has 0 saturated carbocycles. The smallest absolute Gasteiger partial charge is 0.264 e. The van der Waals surface area contributed by atoms with Crippen molar-refractivity contribution in [2.24, 2.45) is 0 Å². The van der Waals surface area contributed by atoms with Gasteiger partial charge in [-0.15, -0.1) is 0 Å². The maximum atomic E-state index is 14.1. The summed E-state index contributed by atoms with van der Waals surface area (Å²) in [7, 11) is -2.69. The van der Waals surface area contributed by atoms with Crippen molar-refractivity contribution in [1.29, 1.82) is 0 Å². The lowest BCUT2D eigenvalue weighted by Gasteiger charge is -2.33. The van der Waals surface area contributed by atoms with E-state index in [2.05, 4.69) is 5.32 Å². The molecule has 0 aliphatic heterocycles. The number of nitrogens with zero attached hydrogens (tertiary/aromatic N) is 2. The van der Waals surface area contributed by atoms with Crippen LogP contribution in [0, 0.1) is 6.92 Å². The standard InChI is InChI=1S/C31H38ClN3O5S/c1-5-7-20-33-31(37)29(6-2)34(21-24-11-9-8-10-23(24)3)30(36)22-35(26-14-12-25(32)13-15-26)41(38,39)28-18-16-27(40-4)17-19-28/h8-19,29H,5-7,20-22H2,1-4H3,(H,33,37)/t29-/m0/s1. The van der Waals surface area contributed by atoms with Crippen LogP contribution in [0.1, 0.15) is 44.2 Å². The lowest BCUT2D eigenvalue weighted by atomic mass is 10.1. The summed E-state index contributed by atoms with van der Waals surface area (Å²) < 4.78 is 34.1. The van der Waals surface area contributed by atoms with Crippen molar-refractivity contribution in [2.45, 2.75) is 57.5 Å². The van der Waals surface area contributed by atoms with Crippen LogP contribution in [0.15, 0.2) is 77.7 Å². The Balaban J connectivity index is 2.04. The molecule has 10 heteroatoms. The first kappa shape index (κ1) is 32.0. The molecule has 220 valence electrons. The number of unbranched alkanes of at least 4 members (excludes halogenated alkanes) is 1. The molecule has 0 spiro atoms. The lowest BCUT2D eigenvalue weighted by molar-refractivity contribution is -0.140. The zero-order valence-corrected chi connectivity index (χ0v) is 25.5. The molecule has 0 aromatic heterocycles. The molecule has 0 fully saturated rings. The van der Waals surface area contributed by atoms with E-state index in [1.807, 2.05) is 45.0 Å². The number of carbonyl (C=O) groups excluding carboxylic acids is 2. The minimum atomic E-state index is -4.19. The van der Waals surface area contributed by atoms with Gasteiger partial charge in [0.25, 0.3) is 10.0 Å². The molecule has 1 N–H and O–H groups in total. The van der Waals surface area contributed by atoms with Crippen molar-refractivity contribution in [3.63, 3.8) is 0 Å². The molecule has 3 aromatic rings. The van der Waals surface area contributed by atoms with Crippen molar-refractivity contribution in [2.75, 3.05) is 24.5 Å². The zero-order chi connectivity index (χ0) is 30.0. The van der Waals surface area contributed by atoms with Crippen LogP contribution in [-0.4, -0.2) is 51.4 Å². The molecule has 0 saturated heterocycles. The Hall–Kier alpha value is -3.56. The van der Waals surface area contributed by atoms with E-state index in [0.29, 0.717) is 23.7 Å². The van der Waals surface area contributed by atoms with Crippen molar-refractivity contribution in [3.8, 4) is 5.75 Å². The van der Waals surface area contributed by atoms with Crippen LogP contribution in [0.2, 0.25) is 5.02 Å². The molecule has 0 aliphatic carbocycles. The molecule has 3 aromatic carbocycles. The number of benzene rings is 3. The Morgan fingerprint density at radius 3 is 2.22 bits per heavy atom. The molecule has 0 unspecified atom stereocenters. The van der Waals surface area contributed by atoms with Crippen LogP contribution in [0.5, 0.6) is 5.75 Å². The number of aryl methyl sites for hydroxylation is 1. The Morgan fingerprint density at radius 2 is 1.63 bits per heavy atom. The van der Waals surface area contributed by atoms with Gasteiger partial charge in [0.1, 0.15) is 18.3 Å². The minimum Gasteiger partial charge on any atom is -0.497 e. The highest BCUT2D eigenvalue weighted by Gasteiger charge is 2.33. The second kappa shape index (κ2) is 14.9. The van der Waals surface area contributed by atoms with E-state index in [9.17, 15) is 18.0 Å². The van der Waals surface area contributed by atoms with Gasteiger partial charge in [-0.25, -0.2) is 8.42 Å². The Bertz CT molecular complexity index is 1410. The monoisotopic (exact) mass is 599 g/mol. The Labute approximate surface area is 248 Å². The summed E-state index contributed by atoms with van der Waals surface area (Å²) in [5.41, 5.74) is 2.11. The van der Waals surface area contributed by atoms with Gasteiger partial charge < -0.3 is 15.0 Å². The predicted molar refractivity (Wildman–Crippen MR) is 163 cm³/mol. The number of hydrogen-bond donors (Lipinski definition) is 1.